The van der Waals surface area contributed by atoms with Gasteiger partial charge in [0.25, 0.3) is 11.7 Å². The lowest BCUT2D eigenvalue weighted by molar-refractivity contribution is -0.117. The molecule has 1 aliphatic rings. The molecule has 3 aromatic rings. The summed E-state index contributed by atoms with van der Waals surface area (Å²) in [5.74, 6) is -1.63. The van der Waals surface area contributed by atoms with Crippen LogP contribution in [-0.2, 0) is 16.1 Å². The largest absolute Gasteiger partial charge is 0.353 e. The van der Waals surface area contributed by atoms with Crippen molar-refractivity contribution < 1.29 is 18.8 Å². The molecule has 0 saturated carbocycles. The molecule has 146 valence electrons. The summed E-state index contributed by atoms with van der Waals surface area (Å²) in [5.41, 5.74) is 1.93. The fourth-order valence-corrected chi connectivity index (χ4v) is 3.40. The number of hydrogen-bond acceptors (Lipinski definition) is 4. The number of carbonyl (C=O) groups is 3. The number of fused-ring (bicyclic) bond motifs is 1. The second kappa shape index (κ2) is 7.35. The number of rotatable bonds is 5. The van der Waals surface area contributed by atoms with Gasteiger partial charge in [-0.15, -0.1) is 0 Å². The molecule has 0 spiro atoms. The maximum absolute atomic E-state index is 13.2. The van der Waals surface area contributed by atoms with Crippen LogP contribution >= 0.6 is 0 Å². The van der Waals surface area contributed by atoms with Crippen molar-refractivity contribution in [2.24, 2.45) is 0 Å². The number of nitrogens with one attached hydrogen (secondary N) is 1. The van der Waals surface area contributed by atoms with Crippen molar-refractivity contribution in [2.45, 2.75) is 6.54 Å². The Kier molecular flexibility index (Phi) is 4.72. The first-order valence-electron chi connectivity index (χ1n) is 9.06. The molecule has 0 saturated heterocycles. The average molecular weight is 391 g/mol. The van der Waals surface area contributed by atoms with E-state index in [1.165, 1.54) is 18.2 Å². The first-order chi connectivity index (χ1) is 13.9. The molecular weight excluding hydrogens is 373 g/mol. The molecule has 29 heavy (non-hydrogen) atoms. The van der Waals surface area contributed by atoms with E-state index in [4.69, 9.17) is 0 Å². The van der Waals surface area contributed by atoms with Gasteiger partial charge in [0.2, 0.25) is 0 Å². The minimum atomic E-state index is -0.803. The maximum Gasteiger partial charge on any atom is 0.297 e. The molecule has 2 heterocycles. The smallest absolute Gasteiger partial charge is 0.297 e. The molecule has 0 atom stereocenters. The second-order valence-corrected chi connectivity index (χ2v) is 6.95. The maximum atomic E-state index is 13.2. The van der Waals surface area contributed by atoms with E-state index < -0.39 is 11.7 Å². The van der Waals surface area contributed by atoms with Gasteiger partial charge in [-0.3, -0.25) is 14.4 Å². The summed E-state index contributed by atoms with van der Waals surface area (Å²) >= 11 is 0. The van der Waals surface area contributed by atoms with Crippen LogP contribution < -0.4 is 5.32 Å². The van der Waals surface area contributed by atoms with Crippen LogP contribution in [0.25, 0.3) is 10.9 Å². The highest BCUT2D eigenvalue weighted by atomic mass is 19.1. The highest BCUT2D eigenvalue weighted by Crippen LogP contribution is 2.23. The van der Waals surface area contributed by atoms with Crippen LogP contribution in [0.3, 0.4) is 0 Å². The van der Waals surface area contributed by atoms with Crippen molar-refractivity contribution in [1.82, 2.24) is 14.8 Å². The molecule has 1 amide bonds. The topological polar surface area (TPSA) is 71.4 Å². The van der Waals surface area contributed by atoms with Crippen molar-refractivity contribution in [3.8, 4) is 0 Å². The number of halogens is 1. The number of Topliss-reactive ketones (excluding diaryl/α,β-unsaturated/α-hetero) is 1. The van der Waals surface area contributed by atoms with Gasteiger partial charge in [-0.2, -0.15) is 0 Å². The van der Waals surface area contributed by atoms with Crippen LogP contribution in [0, 0.1) is 5.82 Å². The Balaban J connectivity index is 1.64. The highest BCUT2D eigenvalue weighted by Gasteiger charge is 2.25. The number of ketones is 2. The van der Waals surface area contributed by atoms with Crippen LogP contribution in [-0.4, -0.2) is 40.5 Å². The number of nitrogens with zero attached hydrogens (tertiary/aromatic N) is 2. The van der Waals surface area contributed by atoms with Gasteiger partial charge < -0.3 is 14.8 Å². The van der Waals surface area contributed by atoms with E-state index in [9.17, 15) is 18.8 Å². The Morgan fingerprint density at radius 3 is 2.52 bits per heavy atom. The van der Waals surface area contributed by atoms with Gasteiger partial charge in [0, 0.05) is 36.8 Å². The van der Waals surface area contributed by atoms with Crippen molar-refractivity contribution in [3.63, 3.8) is 0 Å². The fraction of sp³-hybridized carbons (Fsp3) is 0.136. The summed E-state index contributed by atoms with van der Waals surface area (Å²) in [5, 5.41) is 3.17. The van der Waals surface area contributed by atoms with E-state index in [-0.39, 0.29) is 23.7 Å². The SMILES string of the molecule is CN1CC(=O)C=C1NC(=O)C(=O)c1cn(Cc2ccc(F)cc2)c2ccccc12. The van der Waals surface area contributed by atoms with Gasteiger partial charge in [0.05, 0.1) is 12.1 Å². The quantitative estimate of drug-likeness (QED) is 0.536. The number of aromatic nitrogens is 1. The average Bonchev–Trinajstić information content (AvgIpc) is 3.22. The lowest BCUT2D eigenvalue weighted by atomic mass is 10.1. The predicted molar refractivity (Wildman–Crippen MR) is 106 cm³/mol. The molecule has 1 aromatic heterocycles. The molecular formula is C22H18FN3O3. The van der Waals surface area contributed by atoms with Crippen molar-refractivity contribution in [1.29, 1.82) is 0 Å². The van der Waals surface area contributed by atoms with E-state index in [2.05, 4.69) is 5.32 Å². The zero-order valence-corrected chi connectivity index (χ0v) is 15.7. The minimum Gasteiger partial charge on any atom is -0.353 e. The summed E-state index contributed by atoms with van der Waals surface area (Å²) in [6.07, 6.45) is 2.94. The second-order valence-electron chi connectivity index (χ2n) is 6.95. The standard InChI is InChI=1S/C22H18FN3O3/c1-25-12-16(27)10-20(25)24-22(29)21(28)18-13-26(19-5-3-2-4-17(18)19)11-14-6-8-15(23)9-7-14/h2-10,13H,11-12H2,1H3,(H,24,29). The number of benzene rings is 2. The summed E-state index contributed by atoms with van der Waals surface area (Å²) in [4.78, 5) is 38.4. The minimum absolute atomic E-state index is 0.133. The molecule has 0 aliphatic carbocycles. The Morgan fingerprint density at radius 1 is 1.10 bits per heavy atom. The van der Waals surface area contributed by atoms with Gasteiger partial charge in [0.1, 0.15) is 11.6 Å². The predicted octanol–water partition coefficient (Wildman–Crippen LogP) is 2.48. The first-order valence-corrected chi connectivity index (χ1v) is 9.06. The number of amides is 1. The molecule has 1 aliphatic heterocycles. The zero-order chi connectivity index (χ0) is 20.5. The Morgan fingerprint density at radius 2 is 1.83 bits per heavy atom. The molecule has 0 unspecified atom stereocenters. The summed E-state index contributed by atoms with van der Waals surface area (Å²) in [6, 6.07) is 13.4. The summed E-state index contributed by atoms with van der Waals surface area (Å²) in [6.45, 7) is 0.596. The zero-order valence-electron chi connectivity index (χ0n) is 15.7. The van der Waals surface area contributed by atoms with Crippen LogP contribution in [0.2, 0.25) is 0 Å². The van der Waals surface area contributed by atoms with E-state index in [0.717, 1.165) is 11.1 Å². The van der Waals surface area contributed by atoms with E-state index >= 15 is 0 Å². The third kappa shape index (κ3) is 3.67. The van der Waals surface area contributed by atoms with Crippen LogP contribution in [0.1, 0.15) is 15.9 Å². The van der Waals surface area contributed by atoms with Gasteiger partial charge in [-0.05, 0) is 23.8 Å². The summed E-state index contributed by atoms with van der Waals surface area (Å²) < 4.78 is 15.0. The number of para-hydroxylation sites is 1. The van der Waals surface area contributed by atoms with Crippen molar-refractivity contribution >= 4 is 28.4 Å². The van der Waals surface area contributed by atoms with Crippen LogP contribution in [0.5, 0.6) is 0 Å². The highest BCUT2D eigenvalue weighted by molar-refractivity contribution is 6.45. The Labute approximate surface area is 166 Å². The third-order valence-corrected chi connectivity index (χ3v) is 4.85. The van der Waals surface area contributed by atoms with Gasteiger partial charge in [-0.1, -0.05) is 30.3 Å². The van der Waals surface area contributed by atoms with E-state index in [0.29, 0.717) is 17.8 Å². The molecule has 6 nitrogen and oxygen atoms in total. The third-order valence-electron chi connectivity index (χ3n) is 4.85. The number of likely N-dealkylation sites (N-methyl/N-ethyl adjacent to an activating group) is 1. The lowest BCUT2D eigenvalue weighted by Gasteiger charge is -2.15. The van der Waals surface area contributed by atoms with Crippen molar-refractivity contribution in [2.75, 3.05) is 13.6 Å². The first kappa shape index (κ1) is 18.6. The van der Waals surface area contributed by atoms with E-state index in [1.807, 2.05) is 16.7 Å². The van der Waals surface area contributed by atoms with Crippen LogP contribution in [0.4, 0.5) is 4.39 Å². The lowest BCUT2D eigenvalue weighted by Crippen LogP contribution is -2.35. The van der Waals surface area contributed by atoms with Crippen LogP contribution in [0.15, 0.2) is 66.6 Å². The van der Waals surface area contributed by atoms with Gasteiger partial charge in [0.15, 0.2) is 5.78 Å². The van der Waals surface area contributed by atoms with Gasteiger partial charge >= 0.3 is 0 Å². The monoisotopic (exact) mass is 391 g/mol. The van der Waals surface area contributed by atoms with Gasteiger partial charge in [-0.25, -0.2) is 4.39 Å². The molecule has 0 radical (unpaired) electrons. The van der Waals surface area contributed by atoms with E-state index in [1.54, 1.807) is 42.4 Å². The molecule has 1 N–H and O–H groups in total. The fourth-order valence-electron chi connectivity index (χ4n) is 3.40. The molecule has 2 aromatic carbocycles. The molecule has 4 rings (SSSR count). The Bertz CT molecular complexity index is 1160. The number of carbonyl (C=O) groups excluding carboxylic acids is 3. The molecule has 0 bridgehead atoms. The van der Waals surface area contributed by atoms with Crippen molar-refractivity contribution in [3.05, 3.63) is 83.6 Å². The number of hydrogen-bond donors (Lipinski definition) is 1. The normalized spacial score (nSPS) is 13.7. The summed E-state index contributed by atoms with van der Waals surface area (Å²) in [7, 11) is 1.66. The Hall–Kier alpha value is -3.74. The molecule has 7 heteroatoms. The molecule has 0 fully saturated rings.